The molecule has 0 spiro atoms. The predicted octanol–water partition coefficient (Wildman–Crippen LogP) is 6.08. The van der Waals surface area contributed by atoms with Gasteiger partial charge in [-0.2, -0.15) is 0 Å². The lowest BCUT2D eigenvalue weighted by molar-refractivity contribution is -0.655. The average Bonchev–Trinajstić information content (AvgIpc) is 2.75. The van der Waals surface area contributed by atoms with Crippen molar-refractivity contribution in [3.63, 3.8) is 0 Å². The highest BCUT2D eigenvalue weighted by molar-refractivity contribution is 6.60. The van der Waals surface area contributed by atoms with Crippen molar-refractivity contribution < 1.29 is 18.6 Å². The van der Waals surface area contributed by atoms with Gasteiger partial charge in [-0.1, -0.05) is 96.8 Å². The molecule has 29 heavy (non-hydrogen) atoms. The van der Waals surface area contributed by atoms with Gasteiger partial charge in [0, 0.05) is 33.8 Å². The molecule has 0 fully saturated rings. The second-order valence-electron chi connectivity index (χ2n) is 8.57. The van der Waals surface area contributed by atoms with Crippen LogP contribution < -0.4 is 5.32 Å². The van der Waals surface area contributed by atoms with E-state index in [4.69, 9.17) is 13.3 Å². The largest absolute Gasteiger partial charge is 0.500 e. The van der Waals surface area contributed by atoms with Crippen LogP contribution in [0.1, 0.15) is 116 Å². The first-order chi connectivity index (χ1) is 14.2. The first-order valence-electron chi connectivity index (χ1n) is 12.7. The highest BCUT2D eigenvalue weighted by Crippen LogP contribution is 2.14. The van der Waals surface area contributed by atoms with E-state index in [1.807, 2.05) is 0 Å². The summed E-state index contributed by atoms with van der Waals surface area (Å²) in [7, 11) is 2.73. The van der Waals surface area contributed by atoms with Gasteiger partial charge in [0.05, 0.1) is 13.1 Å². The minimum absolute atomic E-state index is 0.909. The Balaban J connectivity index is 3.17. The van der Waals surface area contributed by atoms with Crippen molar-refractivity contribution in [1.82, 2.24) is 0 Å². The second kappa shape index (κ2) is 22.7. The maximum Gasteiger partial charge on any atom is 0.500 e. The van der Waals surface area contributed by atoms with E-state index in [2.05, 4.69) is 12.2 Å². The van der Waals surface area contributed by atoms with Crippen molar-refractivity contribution in [2.45, 2.75) is 122 Å². The lowest BCUT2D eigenvalue weighted by atomic mass is 10.0. The molecule has 0 atom stereocenters. The van der Waals surface area contributed by atoms with Crippen LogP contribution in [0.25, 0.3) is 0 Å². The van der Waals surface area contributed by atoms with Gasteiger partial charge >= 0.3 is 8.80 Å². The van der Waals surface area contributed by atoms with Gasteiger partial charge in [0.2, 0.25) is 0 Å². The topological polar surface area (TPSA) is 44.3 Å². The molecule has 4 nitrogen and oxygen atoms in total. The van der Waals surface area contributed by atoms with Crippen LogP contribution in [0, 0.1) is 0 Å². The van der Waals surface area contributed by atoms with Crippen molar-refractivity contribution >= 4 is 8.80 Å². The summed E-state index contributed by atoms with van der Waals surface area (Å²) in [5.41, 5.74) is 0. The maximum atomic E-state index is 5.46. The quantitative estimate of drug-likeness (QED) is 0.148. The molecule has 0 radical (unpaired) electrons. The molecule has 0 aromatic rings. The Morgan fingerprint density at radius 3 is 1.21 bits per heavy atom. The normalized spacial score (nSPS) is 12.0. The Hall–Kier alpha value is 0.0569. The standard InChI is InChI=1S/C24H53NO3Si/c1-5-6-7-8-9-10-11-12-13-14-15-16-17-18-19-20-22-25-23-21-24-29(26-2,27-3)28-4/h25H,5-24H2,1-4H3/p+1. The van der Waals surface area contributed by atoms with Crippen molar-refractivity contribution in [2.24, 2.45) is 0 Å². The zero-order chi connectivity index (χ0) is 21.5. The van der Waals surface area contributed by atoms with Crippen LogP contribution in [0.5, 0.6) is 0 Å². The summed E-state index contributed by atoms with van der Waals surface area (Å²) in [6.45, 7) is 4.69. The van der Waals surface area contributed by atoms with Crippen LogP contribution in [0.3, 0.4) is 0 Å². The van der Waals surface area contributed by atoms with Gasteiger partial charge in [-0.05, 0) is 12.8 Å². The predicted molar refractivity (Wildman–Crippen MR) is 127 cm³/mol. The van der Waals surface area contributed by atoms with Crippen molar-refractivity contribution in [1.29, 1.82) is 0 Å². The molecule has 0 heterocycles. The molecule has 0 aliphatic heterocycles. The van der Waals surface area contributed by atoms with Gasteiger partial charge in [0.1, 0.15) is 0 Å². The fraction of sp³-hybridized carbons (Fsp3) is 1.00. The van der Waals surface area contributed by atoms with E-state index in [0.717, 1.165) is 19.0 Å². The number of rotatable bonds is 24. The Kier molecular flexibility index (Phi) is 22.8. The van der Waals surface area contributed by atoms with Crippen LogP contribution in [0.2, 0.25) is 6.04 Å². The number of hydrogen-bond donors (Lipinski definition) is 1. The fourth-order valence-corrected chi connectivity index (χ4v) is 5.75. The van der Waals surface area contributed by atoms with Gasteiger partial charge in [-0.3, -0.25) is 0 Å². The van der Waals surface area contributed by atoms with E-state index in [1.54, 1.807) is 21.3 Å². The molecule has 0 aliphatic rings. The SMILES string of the molecule is CCCCCCCCCCCCCCCCCC[NH2+]CCC[Si](OC)(OC)OC. The van der Waals surface area contributed by atoms with Crippen molar-refractivity contribution in [3.8, 4) is 0 Å². The smallest absolute Gasteiger partial charge is 0.377 e. The summed E-state index contributed by atoms with van der Waals surface area (Å²) in [5, 5.41) is 2.43. The van der Waals surface area contributed by atoms with Crippen LogP contribution in [-0.2, 0) is 13.3 Å². The molecule has 0 aliphatic carbocycles. The summed E-state index contributed by atoms with van der Waals surface area (Å²) in [6, 6.07) is 0.909. The molecule has 2 N–H and O–H groups in total. The Bertz CT molecular complexity index is 306. The summed E-state index contributed by atoms with van der Waals surface area (Å²) in [5.74, 6) is 0. The van der Waals surface area contributed by atoms with Crippen LogP contribution in [0.15, 0.2) is 0 Å². The Morgan fingerprint density at radius 1 is 0.483 bits per heavy atom. The van der Waals surface area contributed by atoms with Crippen molar-refractivity contribution in [2.75, 3.05) is 34.4 Å². The highest BCUT2D eigenvalue weighted by atomic mass is 28.4. The third-order valence-electron chi connectivity index (χ3n) is 6.09. The molecule has 5 heteroatoms. The highest BCUT2D eigenvalue weighted by Gasteiger charge is 2.37. The van der Waals surface area contributed by atoms with E-state index in [0.29, 0.717) is 0 Å². The maximum absolute atomic E-state index is 5.46. The Labute approximate surface area is 184 Å². The number of unbranched alkanes of at least 4 members (excludes halogenated alkanes) is 15. The van der Waals surface area contributed by atoms with E-state index >= 15 is 0 Å². The van der Waals surface area contributed by atoms with E-state index < -0.39 is 8.80 Å². The molecule has 0 amide bonds. The Morgan fingerprint density at radius 2 is 0.828 bits per heavy atom. The third kappa shape index (κ3) is 18.5. The summed E-state index contributed by atoms with van der Waals surface area (Å²) in [4.78, 5) is 0. The van der Waals surface area contributed by atoms with Gasteiger partial charge in [-0.15, -0.1) is 0 Å². The van der Waals surface area contributed by atoms with Gasteiger partial charge < -0.3 is 18.6 Å². The molecular formula is C24H54NO3Si+. The van der Waals surface area contributed by atoms with Crippen molar-refractivity contribution in [3.05, 3.63) is 0 Å². The van der Waals surface area contributed by atoms with E-state index in [9.17, 15) is 0 Å². The molecule has 0 saturated heterocycles. The molecule has 0 rings (SSSR count). The molecule has 0 aromatic carbocycles. The first-order valence-corrected chi connectivity index (χ1v) is 14.6. The minimum atomic E-state index is -2.35. The molecule has 0 aromatic heterocycles. The van der Waals surface area contributed by atoms with Crippen LogP contribution in [-0.4, -0.2) is 43.2 Å². The second-order valence-corrected chi connectivity index (χ2v) is 11.7. The zero-order valence-electron chi connectivity index (χ0n) is 20.4. The molecule has 0 saturated carbocycles. The summed E-state index contributed by atoms with van der Waals surface area (Å²) >= 11 is 0. The first kappa shape index (κ1) is 29.1. The van der Waals surface area contributed by atoms with Gasteiger partial charge in [0.25, 0.3) is 0 Å². The summed E-state index contributed by atoms with van der Waals surface area (Å²) < 4.78 is 16.4. The number of nitrogens with two attached hydrogens (primary N) is 1. The van der Waals surface area contributed by atoms with Crippen LogP contribution in [0.4, 0.5) is 0 Å². The molecular weight excluding hydrogens is 378 g/mol. The average molecular weight is 433 g/mol. The summed E-state index contributed by atoms with van der Waals surface area (Å²) in [6.07, 6.45) is 24.1. The van der Waals surface area contributed by atoms with E-state index in [1.165, 1.54) is 109 Å². The zero-order valence-corrected chi connectivity index (χ0v) is 21.4. The lowest BCUT2D eigenvalue weighted by Crippen LogP contribution is -2.84. The third-order valence-corrected chi connectivity index (χ3v) is 8.92. The lowest BCUT2D eigenvalue weighted by Gasteiger charge is -2.23. The molecule has 0 unspecified atom stereocenters. The fourth-order valence-electron chi connectivity index (χ4n) is 4.00. The molecule has 176 valence electrons. The number of quaternary nitrogens is 1. The van der Waals surface area contributed by atoms with Gasteiger partial charge in [0.15, 0.2) is 0 Å². The minimum Gasteiger partial charge on any atom is -0.377 e. The van der Waals surface area contributed by atoms with Gasteiger partial charge in [-0.25, -0.2) is 0 Å². The van der Waals surface area contributed by atoms with Crippen LogP contribution >= 0.6 is 0 Å². The number of hydrogen-bond acceptors (Lipinski definition) is 3. The molecule has 0 bridgehead atoms. The van der Waals surface area contributed by atoms with E-state index in [-0.39, 0.29) is 0 Å². The monoisotopic (exact) mass is 432 g/mol.